The van der Waals surface area contributed by atoms with Gasteiger partial charge in [0.15, 0.2) is 0 Å². The molecule has 1 aliphatic carbocycles. The number of rotatable bonds is 6. The molecular formula is C25H37N3O3. The summed E-state index contributed by atoms with van der Waals surface area (Å²) >= 11 is 0. The minimum absolute atomic E-state index is 0.00346. The number of ether oxygens (including phenoxy) is 1. The van der Waals surface area contributed by atoms with Crippen molar-refractivity contribution in [1.82, 2.24) is 15.1 Å². The molecule has 6 heteroatoms. The minimum atomic E-state index is -0.363. The maximum atomic E-state index is 13.4. The normalized spacial score (nSPS) is 27.7. The summed E-state index contributed by atoms with van der Waals surface area (Å²) in [6, 6.07) is 9.55. The lowest BCUT2D eigenvalue weighted by atomic mass is 9.84. The minimum Gasteiger partial charge on any atom is -0.379 e. The SMILES string of the molecule is CC(C)C(CNC(=O)C1CC2CCCCC2N1C(=O)c1ccccc1)N1CCOCC1. The van der Waals surface area contributed by atoms with E-state index in [0.717, 1.165) is 52.0 Å². The van der Waals surface area contributed by atoms with Gasteiger partial charge in [0.05, 0.1) is 13.2 Å². The Balaban J connectivity index is 1.47. The van der Waals surface area contributed by atoms with Crippen molar-refractivity contribution in [1.29, 1.82) is 0 Å². The van der Waals surface area contributed by atoms with Gasteiger partial charge in [-0.3, -0.25) is 14.5 Å². The predicted molar refractivity (Wildman–Crippen MR) is 121 cm³/mol. The first-order chi connectivity index (χ1) is 15.1. The summed E-state index contributed by atoms with van der Waals surface area (Å²) < 4.78 is 5.50. The number of fused-ring (bicyclic) bond motifs is 1. The van der Waals surface area contributed by atoms with Crippen LogP contribution in [0.4, 0.5) is 0 Å². The van der Waals surface area contributed by atoms with Gasteiger partial charge in [-0.25, -0.2) is 0 Å². The van der Waals surface area contributed by atoms with Gasteiger partial charge in [0.25, 0.3) is 5.91 Å². The Labute approximate surface area is 186 Å². The molecule has 4 rings (SSSR count). The van der Waals surface area contributed by atoms with Crippen LogP contribution in [0.15, 0.2) is 30.3 Å². The summed E-state index contributed by atoms with van der Waals surface area (Å²) in [6.45, 7) is 8.36. The molecule has 170 valence electrons. The Hall–Kier alpha value is -1.92. The van der Waals surface area contributed by atoms with Gasteiger partial charge in [-0.15, -0.1) is 0 Å². The van der Waals surface area contributed by atoms with E-state index in [1.54, 1.807) is 0 Å². The van der Waals surface area contributed by atoms with Crippen molar-refractivity contribution in [2.75, 3.05) is 32.8 Å². The first kappa shape index (κ1) is 22.3. The highest BCUT2D eigenvalue weighted by atomic mass is 16.5. The van der Waals surface area contributed by atoms with Gasteiger partial charge in [0.2, 0.25) is 5.91 Å². The molecule has 2 amide bonds. The monoisotopic (exact) mass is 427 g/mol. The molecule has 1 saturated carbocycles. The fourth-order valence-electron chi connectivity index (χ4n) is 5.73. The number of amides is 2. The molecule has 6 nitrogen and oxygen atoms in total. The highest BCUT2D eigenvalue weighted by Gasteiger charge is 2.47. The molecule has 1 aromatic carbocycles. The van der Waals surface area contributed by atoms with Gasteiger partial charge in [-0.1, -0.05) is 44.9 Å². The zero-order valence-corrected chi connectivity index (χ0v) is 19.0. The molecule has 2 heterocycles. The summed E-state index contributed by atoms with van der Waals surface area (Å²) in [5.74, 6) is 0.894. The quantitative estimate of drug-likeness (QED) is 0.758. The molecule has 3 fully saturated rings. The van der Waals surface area contributed by atoms with Crippen LogP contribution in [0.25, 0.3) is 0 Å². The lowest BCUT2D eigenvalue weighted by Crippen LogP contribution is -2.54. The molecule has 4 unspecified atom stereocenters. The fraction of sp³-hybridized carbons (Fsp3) is 0.680. The van der Waals surface area contributed by atoms with Crippen molar-refractivity contribution in [3.05, 3.63) is 35.9 Å². The van der Waals surface area contributed by atoms with E-state index in [1.807, 2.05) is 35.2 Å². The van der Waals surface area contributed by atoms with Crippen LogP contribution in [0.5, 0.6) is 0 Å². The predicted octanol–water partition coefficient (Wildman–Crippen LogP) is 2.93. The number of hydrogen-bond acceptors (Lipinski definition) is 4. The summed E-state index contributed by atoms with van der Waals surface area (Å²) in [7, 11) is 0. The van der Waals surface area contributed by atoms with Crippen LogP contribution in [-0.2, 0) is 9.53 Å². The second kappa shape index (κ2) is 10.1. The van der Waals surface area contributed by atoms with Crippen LogP contribution < -0.4 is 5.32 Å². The third-order valence-electron chi connectivity index (χ3n) is 7.42. The first-order valence-corrected chi connectivity index (χ1v) is 12.0. The molecule has 2 aliphatic heterocycles. The van der Waals surface area contributed by atoms with E-state index >= 15 is 0 Å². The average Bonchev–Trinajstić information content (AvgIpc) is 3.19. The van der Waals surface area contributed by atoms with E-state index in [-0.39, 0.29) is 29.9 Å². The Morgan fingerprint density at radius 2 is 1.81 bits per heavy atom. The van der Waals surface area contributed by atoms with E-state index in [4.69, 9.17) is 4.74 Å². The van der Waals surface area contributed by atoms with E-state index in [1.165, 1.54) is 6.42 Å². The van der Waals surface area contributed by atoms with E-state index < -0.39 is 0 Å². The maximum Gasteiger partial charge on any atom is 0.254 e. The third-order valence-corrected chi connectivity index (χ3v) is 7.42. The van der Waals surface area contributed by atoms with E-state index in [9.17, 15) is 9.59 Å². The van der Waals surface area contributed by atoms with Gasteiger partial charge in [0, 0.05) is 37.3 Å². The van der Waals surface area contributed by atoms with E-state index in [0.29, 0.717) is 23.9 Å². The molecule has 3 aliphatic rings. The summed E-state index contributed by atoms with van der Waals surface area (Å²) in [4.78, 5) is 31.2. The maximum absolute atomic E-state index is 13.4. The first-order valence-electron chi connectivity index (χ1n) is 12.0. The van der Waals surface area contributed by atoms with Crippen molar-refractivity contribution in [3.63, 3.8) is 0 Å². The summed E-state index contributed by atoms with van der Waals surface area (Å²) in [5.41, 5.74) is 0.680. The third kappa shape index (κ3) is 4.96. The second-order valence-electron chi connectivity index (χ2n) is 9.65. The Morgan fingerprint density at radius 3 is 2.52 bits per heavy atom. The highest BCUT2D eigenvalue weighted by molar-refractivity contribution is 5.98. The summed E-state index contributed by atoms with van der Waals surface area (Å²) in [5, 5.41) is 3.23. The number of hydrogen-bond donors (Lipinski definition) is 1. The molecular weight excluding hydrogens is 390 g/mol. The summed E-state index contributed by atoms with van der Waals surface area (Å²) in [6.07, 6.45) is 5.26. The Kier molecular flexibility index (Phi) is 7.28. The zero-order valence-electron chi connectivity index (χ0n) is 19.0. The molecule has 31 heavy (non-hydrogen) atoms. The fourth-order valence-corrected chi connectivity index (χ4v) is 5.73. The number of morpholine rings is 1. The molecule has 0 radical (unpaired) electrons. The van der Waals surface area contributed by atoms with Crippen molar-refractivity contribution in [3.8, 4) is 0 Å². The topological polar surface area (TPSA) is 61.9 Å². The molecule has 0 bridgehead atoms. The highest BCUT2D eigenvalue weighted by Crippen LogP contribution is 2.40. The number of carbonyl (C=O) groups excluding carboxylic acids is 2. The molecule has 1 aromatic rings. The number of benzene rings is 1. The zero-order chi connectivity index (χ0) is 21.8. The molecule has 4 atom stereocenters. The van der Waals surface area contributed by atoms with Gasteiger partial charge in [-0.2, -0.15) is 0 Å². The Morgan fingerprint density at radius 1 is 1.10 bits per heavy atom. The van der Waals surface area contributed by atoms with E-state index in [2.05, 4.69) is 24.1 Å². The van der Waals surface area contributed by atoms with Crippen LogP contribution in [0.3, 0.4) is 0 Å². The van der Waals surface area contributed by atoms with Crippen molar-refractivity contribution >= 4 is 11.8 Å². The lowest BCUT2D eigenvalue weighted by molar-refractivity contribution is -0.125. The Bertz CT molecular complexity index is 748. The average molecular weight is 428 g/mol. The van der Waals surface area contributed by atoms with Gasteiger partial charge < -0.3 is 15.0 Å². The van der Waals surface area contributed by atoms with Crippen molar-refractivity contribution in [2.24, 2.45) is 11.8 Å². The van der Waals surface area contributed by atoms with Gasteiger partial charge in [-0.05, 0) is 43.2 Å². The number of nitrogens with zero attached hydrogens (tertiary/aromatic N) is 2. The van der Waals surface area contributed by atoms with Crippen LogP contribution in [0, 0.1) is 11.8 Å². The van der Waals surface area contributed by atoms with Crippen molar-refractivity contribution < 1.29 is 14.3 Å². The van der Waals surface area contributed by atoms with Crippen LogP contribution in [-0.4, -0.2) is 72.6 Å². The number of carbonyl (C=O) groups is 2. The molecule has 2 saturated heterocycles. The van der Waals surface area contributed by atoms with Gasteiger partial charge >= 0.3 is 0 Å². The van der Waals surface area contributed by atoms with Crippen LogP contribution in [0.1, 0.15) is 56.3 Å². The van der Waals surface area contributed by atoms with Gasteiger partial charge in [0.1, 0.15) is 6.04 Å². The second-order valence-corrected chi connectivity index (χ2v) is 9.65. The molecule has 0 aromatic heterocycles. The lowest BCUT2D eigenvalue weighted by Gasteiger charge is -2.37. The number of nitrogens with one attached hydrogen (secondary N) is 1. The standard InChI is InChI=1S/C25H37N3O3/c1-18(2)23(27-12-14-31-15-13-27)17-26-24(29)22-16-20-10-6-7-11-21(20)28(22)25(30)19-8-4-3-5-9-19/h3-5,8-9,18,20-23H,6-7,10-17H2,1-2H3,(H,26,29). The number of likely N-dealkylation sites (tertiary alicyclic amines) is 1. The molecule has 0 spiro atoms. The molecule has 1 N–H and O–H groups in total. The van der Waals surface area contributed by atoms with Crippen LogP contribution in [0.2, 0.25) is 0 Å². The van der Waals surface area contributed by atoms with Crippen LogP contribution >= 0.6 is 0 Å². The van der Waals surface area contributed by atoms with Crippen molar-refractivity contribution in [2.45, 2.75) is 64.1 Å². The largest absolute Gasteiger partial charge is 0.379 e. The smallest absolute Gasteiger partial charge is 0.254 e.